The summed E-state index contributed by atoms with van der Waals surface area (Å²) in [7, 11) is -3.68. The molecule has 0 aromatic heterocycles. The molecule has 1 rings (SSSR count). The van der Waals surface area contributed by atoms with Crippen molar-refractivity contribution in [3.05, 3.63) is 29.8 Å². The van der Waals surface area contributed by atoms with Crippen molar-refractivity contribution >= 4 is 21.9 Å². The average molecular weight is 356 g/mol. The Labute approximate surface area is 142 Å². The van der Waals surface area contributed by atoms with Crippen molar-refractivity contribution in [1.82, 2.24) is 9.62 Å². The number of benzene rings is 1. The SMILES string of the molecule is CCN(CC)S(=O)(=O)c1cccc(C(=O)N[C@H](C(=O)O)C(C)C)c1. The summed E-state index contributed by atoms with van der Waals surface area (Å²) >= 11 is 0. The summed E-state index contributed by atoms with van der Waals surface area (Å²) in [5.41, 5.74) is 0.107. The third-order valence-electron chi connectivity index (χ3n) is 3.66. The van der Waals surface area contributed by atoms with Crippen molar-refractivity contribution in [3.63, 3.8) is 0 Å². The van der Waals surface area contributed by atoms with E-state index in [0.29, 0.717) is 13.1 Å². The molecule has 0 spiro atoms. The Kier molecular flexibility index (Phi) is 6.92. The number of nitrogens with one attached hydrogen (secondary N) is 1. The predicted octanol–water partition coefficient (Wildman–Crippen LogP) is 1.56. The van der Waals surface area contributed by atoms with Gasteiger partial charge in [-0.3, -0.25) is 4.79 Å². The summed E-state index contributed by atoms with van der Waals surface area (Å²) < 4.78 is 26.3. The molecule has 2 N–H and O–H groups in total. The second-order valence-electron chi connectivity index (χ2n) is 5.65. The highest BCUT2D eigenvalue weighted by molar-refractivity contribution is 7.89. The predicted molar refractivity (Wildman–Crippen MR) is 90.3 cm³/mol. The van der Waals surface area contributed by atoms with Crippen LogP contribution in [0.15, 0.2) is 29.2 Å². The van der Waals surface area contributed by atoms with Gasteiger partial charge in [-0.05, 0) is 24.1 Å². The molecular formula is C16H24N2O5S. The lowest BCUT2D eigenvalue weighted by molar-refractivity contribution is -0.140. The lowest BCUT2D eigenvalue weighted by atomic mass is 10.0. The fourth-order valence-corrected chi connectivity index (χ4v) is 3.75. The van der Waals surface area contributed by atoms with Crippen molar-refractivity contribution in [2.45, 2.75) is 38.6 Å². The van der Waals surface area contributed by atoms with Gasteiger partial charge in [0.05, 0.1) is 4.90 Å². The number of carboxylic acid groups (broad SMARTS) is 1. The molecule has 1 aromatic carbocycles. The molecular weight excluding hydrogens is 332 g/mol. The van der Waals surface area contributed by atoms with Gasteiger partial charge in [-0.15, -0.1) is 0 Å². The van der Waals surface area contributed by atoms with E-state index in [1.54, 1.807) is 27.7 Å². The molecule has 0 aliphatic heterocycles. The van der Waals surface area contributed by atoms with E-state index in [1.807, 2.05) is 0 Å². The highest BCUT2D eigenvalue weighted by atomic mass is 32.2. The molecule has 8 heteroatoms. The summed E-state index contributed by atoms with van der Waals surface area (Å²) in [6.07, 6.45) is 0. The highest BCUT2D eigenvalue weighted by Gasteiger charge is 2.26. The smallest absolute Gasteiger partial charge is 0.326 e. The number of aliphatic carboxylic acids is 1. The van der Waals surface area contributed by atoms with Crippen LogP contribution in [0.25, 0.3) is 0 Å². The standard InChI is InChI=1S/C16H24N2O5S/c1-5-18(6-2)24(22,23)13-9-7-8-12(10-13)15(19)17-14(11(3)4)16(20)21/h7-11,14H,5-6H2,1-4H3,(H,17,19)(H,20,21)/t14-/m0/s1. The van der Waals surface area contributed by atoms with Gasteiger partial charge in [-0.1, -0.05) is 33.8 Å². The third-order valence-corrected chi connectivity index (χ3v) is 5.70. The van der Waals surface area contributed by atoms with E-state index < -0.39 is 27.9 Å². The van der Waals surface area contributed by atoms with Crippen LogP contribution in [-0.2, 0) is 14.8 Å². The van der Waals surface area contributed by atoms with Crippen LogP contribution >= 0.6 is 0 Å². The molecule has 0 heterocycles. The number of sulfonamides is 1. The third kappa shape index (κ3) is 4.55. The molecule has 7 nitrogen and oxygen atoms in total. The quantitative estimate of drug-likeness (QED) is 0.735. The number of carboxylic acids is 1. The Morgan fingerprint density at radius 3 is 2.25 bits per heavy atom. The van der Waals surface area contributed by atoms with Crippen LogP contribution in [0, 0.1) is 5.92 Å². The molecule has 1 amide bonds. The number of nitrogens with zero attached hydrogens (tertiary/aromatic N) is 1. The minimum atomic E-state index is -3.68. The summed E-state index contributed by atoms with van der Waals surface area (Å²) in [5.74, 6) is -2.05. The van der Waals surface area contributed by atoms with Crippen LogP contribution in [0.3, 0.4) is 0 Å². The molecule has 0 radical (unpaired) electrons. The molecule has 1 aromatic rings. The van der Waals surface area contributed by atoms with Crippen LogP contribution in [-0.4, -0.2) is 48.8 Å². The molecule has 0 aliphatic rings. The zero-order chi connectivity index (χ0) is 18.5. The Hall–Kier alpha value is -1.93. The van der Waals surface area contributed by atoms with Crippen molar-refractivity contribution in [3.8, 4) is 0 Å². The van der Waals surface area contributed by atoms with Crippen LogP contribution < -0.4 is 5.32 Å². The number of carbonyl (C=O) groups is 2. The van der Waals surface area contributed by atoms with Gasteiger partial charge in [0.15, 0.2) is 0 Å². The first-order valence-electron chi connectivity index (χ1n) is 7.79. The number of carbonyl (C=O) groups excluding carboxylic acids is 1. The largest absolute Gasteiger partial charge is 0.480 e. The minimum absolute atomic E-state index is 0.00951. The van der Waals surface area contributed by atoms with Gasteiger partial charge in [-0.25, -0.2) is 13.2 Å². The molecule has 0 fully saturated rings. The fourth-order valence-electron chi connectivity index (χ4n) is 2.25. The topological polar surface area (TPSA) is 104 Å². The maximum atomic E-state index is 12.5. The van der Waals surface area contributed by atoms with Gasteiger partial charge in [0.2, 0.25) is 10.0 Å². The van der Waals surface area contributed by atoms with Gasteiger partial charge < -0.3 is 10.4 Å². The van der Waals surface area contributed by atoms with Crippen LogP contribution in [0.2, 0.25) is 0 Å². The zero-order valence-corrected chi connectivity index (χ0v) is 15.1. The summed E-state index contributed by atoms with van der Waals surface area (Å²) in [6.45, 7) is 7.48. The second kappa shape index (κ2) is 8.25. The number of rotatable bonds is 8. The van der Waals surface area contributed by atoms with Gasteiger partial charge >= 0.3 is 5.97 Å². The van der Waals surface area contributed by atoms with E-state index in [4.69, 9.17) is 5.11 Å². The summed E-state index contributed by atoms with van der Waals surface area (Å²) in [6, 6.07) is 4.57. The Bertz CT molecular complexity index is 696. The lowest BCUT2D eigenvalue weighted by Gasteiger charge is -2.20. The number of amides is 1. The van der Waals surface area contributed by atoms with Gasteiger partial charge in [0, 0.05) is 18.7 Å². The van der Waals surface area contributed by atoms with Crippen molar-refractivity contribution in [1.29, 1.82) is 0 Å². The van der Waals surface area contributed by atoms with Crippen LogP contribution in [0.4, 0.5) is 0 Å². The van der Waals surface area contributed by atoms with Crippen molar-refractivity contribution < 1.29 is 23.1 Å². The van der Waals surface area contributed by atoms with E-state index in [0.717, 1.165) is 0 Å². The molecule has 0 unspecified atom stereocenters. The van der Waals surface area contributed by atoms with Crippen LogP contribution in [0.5, 0.6) is 0 Å². The second-order valence-corrected chi connectivity index (χ2v) is 7.59. The van der Waals surface area contributed by atoms with E-state index in [-0.39, 0.29) is 16.4 Å². The van der Waals surface area contributed by atoms with E-state index >= 15 is 0 Å². The maximum absolute atomic E-state index is 12.5. The summed E-state index contributed by atoms with van der Waals surface area (Å²) in [5, 5.41) is 11.6. The highest BCUT2D eigenvalue weighted by Crippen LogP contribution is 2.17. The van der Waals surface area contributed by atoms with Crippen molar-refractivity contribution in [2.24, 2.45) is 5.92 Å². The normalized spacial score (nSPS) is 13.1. The minimum Gasteiger partial charge on any atom is -0.480 e. The number of hydrogen-bond donors (Lipinski definition) is 2. The van der Waals surface area contributed by atoms with Crippen molar-refractivity contribution in [2.75, 3.05) is 13.1 Å². The van der Waals surface area contributed by atoms with Gasteiger partial charge in [0.1, 0.15) is 6.04 Å². The first kappa shape index (κ1) is 20.1. The molecule has 24 heavy (non-hydrogen) atoms. The fraction of sp³-hybridized carbons (Fsp3) is 0.500. The van der Waals surface area contributed by atoms with E-state index in [9.17, 15) is 18.0 Å². The van der Waals surface area contributed by atoms with Gasteiger partial charge in [-0.2, -0.15) is 4.31 Å². The first-order valence-corrected chi connectivity index (χ1v) is 9.23. The molecule has 134 valence electrons. The molecule has 1 atom stereocenters. The van der Waals surface area contributed by atoms with Crippen LogP contribution in [0.1, 0.15) is 38.1 Å². The molecule has 0 bridgehead atoms. The molecule has 0 aliphatic carbocycles. The molecule has 0 saturated carbocycles. The lowest BCUT2D eigenvalue weighted by Crippen LogP contribution is -2.44. The van der Waals surface area contributed by atoms with Gasteiger partial charge in [0.25, 0.3) is 5.91 Å². The zero-order valence-electron chi connectivity index (χ0n) is 14.3. The number of hydrogen-bond acceptors (Lipinski definition) is 4. The average Bonchev–Trinajstić information content (AvgIpc) is 2.52. The summed E-state index contributed by atoms with van der Waals surface area (Å²) in [4.78, 5) is 23.5. The Balaban J connectivity index is 3.12. The first-order chi connectivity index (χ1) is 11.1. The Morgan fingerprint density at radius 2 is 1.79 bits per heavy atom. The molecule has 0 saturated heterocycles. The van der Waals surface area contributed by atoms with E-state index in [2.05, 4.69) is 5.32 Å². The maximum Gasteiger partial charge on any atom is 0.326 e. The van der Waals surface area contributed by atoms with E-state index in [1.165, 1.54) is 28.6 Å². The Morgan fingerprint density at radius 1 is 1.21 bits per heavy atom. The monoisotopic (exact) mass is 356 g/mol.